The number of urea groups is 1. The molecule has 2 N–H and O–H groups in total. The number of carbonyl (C=O) groups is 2. The number of piperazine rings is 1. The predicted molar refractivity (Wildman–Crippen MR) is 129 cm³/mol. The van der Waals surface area contributed by atoms with Crippen molar-refractivity contribution in [3.05, 3.63) is 75.7 Å². The first kappa shape index (κ1) is 22.4. The van der Waals surface area contributed by atoms with Crippen molar-refractivity contribution in [3.63, 3.8) is 0 Å². The lowest BCUT2D eigenvalue weighted by molar-refractivity contribution is -0.383. The molecular formula is C23H23N5O4S. The Morgan fingerprint density at radius 1 is 1.00 bits per heavy atom. The minimum absolute atomic E-state index is 0.128. The summed E-state index contributed by atoms with van der Waals surface area (Å²) >= 11 is 1.51. The maximum atomic E-state index is 12.8. The van der Waals surface area contributed by atoms with Crippen LogP contribution in [0.25, 0.3) is 10.4 Å². The number of rotatable bonds is 5. The summed E-state index contributed by atoms with van der Waals surface area (Å²) in [5, 5.41) is 18.8. The van der Waals surface area contributed by atoms with Crippen LogP contribution in [0.5, 0.6) is 0 Å². The summed E-state index contributed by atoms with van der Waals surface area (Å²) in [6.07, 6.45) is 0. The Hall–Kier alpha value is -3.76. The van der Waals surface area contributed by atoms with Crippen LogP contribution in [0.4, 0.5) is 21.9 Å². The van der Waals surface area contributed by atoms with E-state index in [1.165, 1.54) is 17.4 Å². The van der Waals surface area contributed by atoms with Crippen molar-refractivity contribution in [2.45, 2.75) is 0 Å². The molecule has 0 radical (unpaired) electrons. The number of benzene rings is 2. The number of nitrogens with one attached hydrogen (secondary N) is 2. The molecule has 1 saturated heterocycles. The fourth-order valence-electron chi connectivity index (χ4n) is 3.50. The van der Waals surface area contributed by atoms with Crippen molar-refractivity contribution in [1.82, 2.24) is 9.80 Å². The quantitative estimate of drug-likeness (QED) is 0.430. The molecule has 0 atom stereocenters. The SMILES string of the molecule is CN1CCN(C(=O)Nc2ccc(C(=O)Nc3cc(-c4cccs4)ccc3[N+](=O)[O-])cc2)CC1. The van der Waals surface area contributed by atoms with Crippen molar-refractivity contribution in [3.8, 4) is 10.4 Å². The molecule has 2 heterocycles. The highest BCUT2D eigenvalue weighted by molar-refractivity contribution is 7.13. The summed E-state index contributed by atoms with van der Waals surface area (Å²) in [6, 6.07) is 14.7. The van der Waals surface area contributed by atoms with E-state index in [0.29, 0.717) is 24.3 Å². The summed E-state index contributed by atoms with van der Waals surface area (Å²) in [7, 11) is 2.02. The van der Waals surface area contributed by atoms with Gasteiger partial charge in [-0.25, -0.2) is 4.79 Å². The fourth-order valence-corrected chi connectivity index (χ4v) is 4.23. The molecule has 1 aliphatic rings. The minimum atomic E-state index is -0.523. The maximum Gasteiger partial charge on any atom is 0.321 e. The fraction of sp³-hybridized carbons (Fsp3) is 0.217. The van der Waals surface area contributed by atoms with Crippen LogP contribution in [0, 0.1) is 10.1 Å². The first-order valence-electron chi connectivity index (χ1n) is 10.4. The predicted octanol–water partition coefficient (Wildman–Crippen LogP) is 4.35. The molecule has 2 aromatic carbocycles. The zero-order valence-corrected chi connectivity index (χ0v) is 18.8. The maximum absolute atomic E-state index is 12.8. The van der Waals surface area contributed by atoms with Crippen molar-refractivity contribution < 1.29 is 14.5 Å². The van der Waals surface area contributed by atoms with Gasteiger partial charge in [-0.1, -0.05) is 6.07 Å². The van der Waals surface area contributed by atoms with Crippen LogP contribution in [0.3, 0.4) is 0 Å². The highest BCUT2D eigenvalue weighted by atomic mass is 32.1. The summed E-state index contributed by atoms with van der Waals surface area (Å²) in [4.78, 5) is 41.0. The number of carbonyl (C=O) groups excluding carboxylic acids is 2. The van der Waals surface area contributed by atoms with E-state index in [-0.39, 0.29) is 17.4 Å². The highest BCUT2D eigenvalue weighted by Crippen LogP contribution is 2.33. The third-order valence-electron chi connectivity index (χ3n) is 5.44. The molecule has 0 saturated carbocycles. The molecule has 4 rings (SSSR count). The molecule has 9 nitrogen and oxygen atoms in total. The number of hydrogen-bond donors (Lipinski definition) is 2. The second-order valence-corrected chi connectivity index (χ2v) is 8.67. The average Bonchev–Trinajstić information content (AvgIpc) is 3.35. The van der Waals surface area contributed by atoms with Gasteiger partial charge in [-0.2, -0.15) is 0 Å². The van der Waals surface area contributed by atoms with Crippen molar-refractivity contribution in [1.29, 1.82) is 0 Å². The van der Waals surface area contributed by atoms with E-state index in [1.54, 1.807) is 41.3 Å². The molecule has 1 fully saturated rings. The zero-order chi connectivity index (χ0) is 23.4. The molecule has 0 spiro atoms. The Morgan fingerprint density at radius 3 is 2.36 bits per heavy atom. The normalized spacial score (nSPS) is 14.0. The molecule has 1 aromatic heterocycles. The number of hydrogen-bond acceptors (Lipinski definition) is 6. The van der Waals surface area contributed by atoms with Gasteiger partial charge >= 0.3 is 6.03 Å². The Labute approximate surface area is 194 Å². The number of nitro benzene ring substituents is 1. The van der Waals surface area contributed by atoms with E-state index in [9.17, 15) is 19.7 Å². The third-order valence-corrected chi connectivity index (χ3v) is 6.35. The van der Waals surface area contributed by atoms with Gasteiger partial charge in [0.2, 0.25) is 0 Å². The lowest BCUT2D eigenvalue weighted by Crippen LogP contribution is -2.48. The van der Waals surface area contributed by atoms with E-state index in [4.69, 9.17) is 0 Å². The second kappa shape index (κ2) is 9.80. The standard InChI is InChI=1S/C23H23N5O4S/c1-26-10-12-27(13-11-26)23(30)24-18-7-4-16(5-8-18)22(29)25-19-15-17(21-3-2-14-33-21)6-9-20(19)28(31)32/h2-9,14-15H,10-13H2,1H3,(H,24,30)(H,25,29). The van der Waals surface area contributed by atoms with Crippen LogP contribution < -0.4 is 10.6 Å². The Morgan fingerprint density at radius 2 is 1.73 bits per heavy atom. The number of thiophene rings is 1. The lowest BCUT2D eigenvalue weighted by atomic mass is 10.1. The van der Waals surface area contributed by atoms with Crippen LogP contribution in [0.15, 0.2) is 60.0 Å². The molecule has 1 aliphatic heterocycles. The average molecular weight is 466 g/mol. The van der Waals surface area contributed by atoms with E-state index >= 15 is 0 Å². The first-order chi connectivity index (χ1) is 15.9. The van der Waals surface area contributed by atoms with Gasteiger partial charge in [0.1, 0.15) is 5.69 Å². The Kier molecular flexibility index (Phi) is 6.66. The van der Waals surface area contributed by atoms with Crippen LogP contribution in [0.2, 0.25) is 0 Å². The second-order valence-electron chi connectivity index (χ2n) is 7.72. The molecule has 3 amide bonds. The summed E-state index contributed by atoms with van der Waals surface area (Å²) in [6.45, 7) is 2.97. The Bertz CT molecular complexity index is 1160. The van der Waals surface area contributed by atoms with Gasteiger partial charge in [-0.3, -0.25) is 14.9 Å². The largest absolute Gasteiger partial charge is 0.322 e. The monoisotopic (exact) mass is 465 g/mol. The number of anilines is 2. The molecule has 3 aromatic rings. The van der Waals surface area contributed by atoms with E-state index in [1.807, 2.05) is 24.6 Å². The van der Waals surface area contributed by atoms with Crippen molar-refractivity contribution in [2.24, 2.45) is 0 Å². The summed E-state index contributed by atoms with van der Waals surface area (Å²) in [5.74, 6) is -0.474. The molecule has 10 heteroatoms. The van der Waals surface area contributed by atoms with Crippen LogP contribution in [-0.2, 0) is 0 Å². The van der Waals surface area contributed by atoms with E-state index in [0.717, 1.165) is 23.5 Å². The Balaban J connectivity index is 1.45. The topological polar surface area (TPSA) is 108 Å². The highest BCUT2D eigenvalue weighted by Gasteiger charge is 2.20. The molecular weight excluding hydrogens is 442 g/mol. The summed E-state index contributed by atoms with van der Waals surface area (Å²) in [5.41, 5.74) is 1.63. The van der Waals surface area contributed by atoms with Crippen molar-refractivity contribution in [2.75, 3.05) is 43.9 Å². The van der Waals surface area contributed by atoms with Gasteiger partial charge in [0.25, 0.3) is 11.6 Å². The smallest absolute Gasteiger partial charge is 0.321 e. The number of nitro groups is 1. The van der Waals surface area contributed by atoms with E-state index < -0.39 is 10.8 Å². The van der Waals surface area contributed by atoms with Gasteiger partial charge in [0.05, 0.1) is 4.92 Å². The van der Waals surface area contributed by atoms with E-state index in [2.05, 4.69) is 15.5 Å². The molecule has 170 valence electrons. The molecule has 33 heavy (non-hydrogen) atoms. The van der Waals surface area contributed by atoms with Gasteiger partial charge in [-0.15, -0.1) is 11.3 Å². The molecule has 0 bridgehead atoms. The van der Waals surface area contributed by atoms with Gasteiger partial charge < -0.3 is 20.4 Å². The van der Waals surface area contributed by atoms with Crippen LogP contribution >= 0.6 is 11.3 Å². The zero-order valence-electron chi connectivity index (χ0n) is 18.0. The van der Waals surface area contributed by atoms with Crippen LogP contribution in [0.1, 0.15) is 10.4 Å². The van der Waals surface area contributed by atoms with Gasteiger partial charge in [0, 0.05) is 48.4 Å². The molecule has 0 unspecified atom stereocenters. The third kappa shape index (κ3) is 5.36. The first-order valence-corrected chi connectivity index (χ1v) is 11.3. The summed E-state index contributed by atoms with van der Waals surface area (Å²) < 4.78 is 0. The number of nitrogens with zero attached hydrogens (tertiary/aromatic N) is 3. The lowest BCUT2D eigenvalue weighted by Gasteiger charge is -2.32. The van der Waals surface area contributed by atoms with Gasteiger partial charge in [0.15, 0.2) is 0 Å². The molecule has 0 aliphatic carbocycles. The van der Waals surface area contributed by atoms with Crippen LogP contribution in [-0.4, -0.2) is 59.9 Å². The number of likely N-dealkylation sites (N-methyl/N-ethyl adjacent to an activating group) is 1. The van der Waals surface area contributed by atoms with Crippen molar-refractivity contribution >= 4 is 40.3 Å². The number of amides is 3. The minimum Gasteiger partial charge on any atom is -0.322 e. The van der Waals surface area contributed by atoms with Gasteiger partial charge in [-0.05, 0) is 60.5 Å².